The molecular weight excluding hydrogens is 256 g/mol. The highest BCUT2D eigenvalue weighted by Crippen LogP contribution is 2.18. The molecule has 2 rings (SSSR count). The molecule has 0 fully saturated rings. The molecular formula is C15H14N2OS. The average Bonchev–Trinajstić information content (AvgIpc) is 2.93. The molecule has 0 radical (unpaired) electrons. The Kier molecular flexibility index (Phi) is 4.35. The van der Waals surface area contributed by atoms with Crippen LogP contribution in [0.3, 0.4) is 0 Å². The summed E-state index contributed by atoms with van der Waals surface area (Å²) in [6.45, 7) is 2.28. The van der Waals surface area contributed by atoms with Crippen molar-refractivity contribution in [2.45, 2.75) is 6.92 Å². The molecule has 0 aliphatic carbocycles. The number of nitrogens with two attached hydrogens (primary N) is 1. The number of nitrogens with one attached hydrogen (secondary N) is 1. The molecule has 2 aromatic rings. The lowest BCUT2D eigenvalue weighted by Gasteiger charge is -2.07. The van der Waals surface area contributed by atoms with Crippen molar-refractivity contribution in [1.82, 2.24) is 0 Å². The normalized spacial score (nSPS) is 9.58. The van der Waals surface area contributed by atoms with E-state index in [-0.39, 0.29) is 5.91 Å². The summed E-state index contributed by atoms with van der Waals surface area (Å²) < 4.78 is 0. The first-order chi connectivity index (χ1) is 9.20. The van der Waals surface area contributed by atoms with Crippen LogP contribution in [0.2, 0.25) is 0 Å². The molecule has 0 saturated heterocycles. The molecule has 96 valence electrons. The van der Waals surface area contributed by atoms with Gasteiger partial charge in [0.2, 0.25) is 0 Å². The fraction of sp³-hybridized carbons (Fsp3) is 0.133. The minimum atomic E-state index is -0.124. The van der Waals surface area contributed by atoms with Crippen molar-refractivity contribution in [3.63, 3.8) is 0 Å². The Morgan fingerprint density at radius 3 is 2.95 bits per heavy atom. The van der Waals surface area contributed by atoms with Crippen molar-refractivity contribution in [2.24, 2.45) is 5.73 Å². The first-order valence-electron chi connectivity index (χ1n) is 5.84. The molecule has 0 saturated carbocycles. The van der Waals surface area contributed by atoms with E-state index in [1.165, 1.54) is 11.3 Å². The lowest BCUT2D eigenvalue weighted by molar-refractivity contribution is 0.102. The number of carbonyl (C=O) groups is 1. The first-order valence-corrected chi connectivity index (χ1v) is 6.78. The lowest BCUT2D eigenvalue weighted by Crippen LogP contribution is -2.12. The molecule has 1 amide bonds. The fourth-order valence-electron chi connectivity index (χ4n) is 1.60. The Morgan fingerprint density at radius 1 is 1.42 bits per heavy atom. The van der Waals surface area contributed by atoms with E-state index in [1.54, 1.807) is 6.07 Å². The topological polar surface area (TPSA) is 55.1 Å². The third-order valence-corrected chi connectivity index (χ3v) is 3.21. The summed E-state index contributed by atoms with van der Waals surface area (Å²) in [5.74, 6) is 5.66. The van der Waals surface area contributed by atoms with Crippen LogP contribution in [0.5, 0.6) is 0 Å². The lowest BCUT2D eigenvalue weighted by atomic mass is 10.1. The largest absolute Gasteiger partial charge is 0.321 e. The van der Waals surface area contributed by atoms with Gasteiger partial charge < -0.3 is 11.1 Å². The van der Waals surface area contributed by atoms with Gasteiger partial charge in [0.1, 0.15) is 0 Å². The summed E-state index contributed by atoms with van der Waals surface area (Å²) in [4.78, 5) is 12.0. The zero-order chi connectivity index (χ0) is 13.7. The van der Waals surface area contributed by atoms with Gasteiger partial charge in [-0.25, -0.2) is 0 Å². The number of anilines is 1. The van der Waals surface area contributed by atoms with E-state index in [4.69, 9.17) is 5.73 Å². The van der Waals surface area contributed by atoms with Gasteiger partial charge in [-0.3, -0.25) is 4.79 Å². The minimum Gasteiger partial charge on any atom is -0.321 e. The number of benzene rings is 1. The van der Waals surface area contributed by atoms with Crippen LogP contribution in [0, 0.1) is 18.8 Å². The average molecular weight is 270 g/mol. The summed E-state index contributed by atoms with van der Waals surface area (Å²) in [7, 11) is 0. The molecule has 0 aliphatic heterocycles. The third kappa shape index (κ3) is 3.44. The van der Waals surface area contributed by atoms with E-state index in [2.05, 4.69) is 17.2 Å². The van der Waals surface area contributed by atoms with E-state index in [0.717, 1.165) is 11.1 Å². The van der Waals surface area contributed by atoms with Crippen LogP contribution < -0.4 is 11.1 Å². The van der Waals surface area contributed by atoms with E-state index in [9.17, 15) is 4.79 Å². The van der Waals surface area contributed by atoms with E-state index in [1.807, 2.05) is 35.9 Å². The van der Waals surface area contributed by atoms with Crippen LogP contribution in [0.25, 0.3) is 0 Å². The Labute approximate surface area is 116 Å². The molecule has 0 unspecified atom stereocenters. The van der Waals surface area contributed by atoms with Crippen LogP contribution >= 0.6 is 11.3 Å². The second-order valence-corrected chi connectivity index (χ2v) is 4.80. The fourth-order valence-corrected chi connectivity index (χ4v) is 2.24. The number of hydrogen-bond donors (Lipinski definition) is 2. The molecule has 0 spiro atoms. The second-order valence-electron chi connectivity index (χ2n) is 4.02. The molecule has 19 heavy (non-hydrogen) atoms. The predicted molar refractivity (Wildman–Crippen MR) is 79.4 cm³/mol. The molecule has 0 atom stereocenters. The van der Waals surface area contributed by atoms with Crippen LogP contribution in [0.1, 0.15) is 21.5 Å². The van der Waals surface area contributed by atoms with E-state index >= 15 is 0 Å². The molecule has 0 bridgehead atoms. The van der Waals surface area contributed by atoms with Gasteiger partial charge in [0, 0.05) is 10.9 Å². The number of hydrogen-bond acceptors (Lipinski definition) is 3. The quantitative estimate of drug-likeness (QED) is 0.824. The molecule has 1 aromatic carbocycles. The van der Waals surface area contributed by atoms with E-state index in [0.29, 0.717) is 17.8 Å². The van der Waals surface area contributed by atoms with Crippen molar-refractivity contribution < 1.29 is 4.79 Å². The summed E-state index contributed by atoms with van der Waals surface area (Å²) >= 11 is 1.49. The Balaban J connectivity index is 2.27. The monoisotopic (exact) mass is 270 g/mol. The van der Waals surface area contributed by atoms with E-state index < -0.39 is 0 Å². The number of carbonyl (C=O) groups excluding carboxylic acids is 1. The second kappa shape index (κ2) is 6.19. The van der Waals surface area contributed by atoms with Gasteiger partial charge in [-0.2, -0.15) is 11.3 Å². The van der Waals surface area contributed by atoms with Crippen molar-refractivity contribution in [3.05, 3.63) is 51.7 Å². The number of amides is 1. The minimum absolute atomic E-state index is 0.124. The Hall–Kier alpha value is -2.09. The van der Waals surface area contributed by atoms with Gasteiger partial charge >= 0.3 is 0 Å². The summed E-state index contributed by atoms with van der Waals surface area (Å²) in [6, 6.07) is 7.53. The zero-order valence-electron chi connectivity index (χ0n) is 10.6. The van der Waals surface area contributed by atoms with Crippen molar-refractivity contribution in [2.75, 3.05) is 11.9 Å². The van der Waals surface area contributed by atoms with Crippen LogP contribution in [-0.4, -0.2) is 12.5 Å². The summed E-state index contributed by atoms with van der Waals surface area (Å²) in [5.41, 5.74) is 8.63. The van der Waals surface area contributed by atoms with Gasteiger partial charge in [-0.1, -0.05) is 17.9 Å². The summed E-state index contributed by atoms with van der Waals surface area (Å²) in [5, 5.41) is 6.56. The molecule has 4 heteroatoms. The third-order valence-electron chi connectivity index (χ3n) is 2.53. The van der Waals surface area contributed by atoms with Gasteiger partial charge in [-0.05, 0) is 36.1 Å². The molecule has 3 N–H and O–H groups in total. The Morgan fingerprint density at radius 2 is 2.26 bits per heavy atom. The molecule has 0 aliphatic rings. The van der Waals surface area contributed by atoms with Gasteiger partial charge in [-0.15, -0.1) is 0 Å². The molecule has 3 nitrogen and oxygen atoms in total. The standard InChI is InChI=1S/C15H14N2OS/c1-11-4-5-14(12(9-11)3-2-7-16)17-15(18)13-6-8-19-10-13/h4-6,8-10H,7,16H2,1H3,(H,17,18). The highest BCUT2D eigenvalue weighted by molar-refractivity contribution is 7.08. The van der Waals surface area contributed by atoms with Gasteiger partial charge in [0.25, 0.3) is 5.91 Å². The maximum Gasteiger partial charge on any atom is 0.256 e. The van der Waals surface area contributed by atoms with Crippen LogP contribution in [0.4, 0.5) is 5.69 Å². The Bertz CT molecular complexity index is 636. The smallest absolute Gasteiger partial charge is 0.256 e. The van der Waals surface area contributed by atoms with Crippen molar-refractivity contribution >= 4 is 22.9 Å². The summed E-state index contributed by atoms with van der Waals surface area (Å²) in [6.07, 6.45) is 0. The molecule has 1 heterocycles. The van der Waals surface area contributed by atoms with Crippen molar-refractivity contribution in [1.29, 1.82) is 0 Å². The highest BCUT2D eigenvalue weighted by Gasteiger charge is 2.08. The number of aryl methyl sites for hydroxylation is 1. The predicted octanol–water partition coefficient (Wildman–Crippen LogP) is 2.62. The van der Waals surface area contributed by atoms with Crippen molar-refractivity contribution in [3.8, 4) is 11.8 Å². The van der Waals surface area contributed by atoms with Crippen LogP contribution in [-0.2, 0) is 0 Å². The number of rotatable bonds is 2. The first kappa shape index (κ1) is 13.3. The van der Waals surface area contributed by atoms with Crippen LogP contribution in [0.15, 0.2) is 35.0 Å². The maximum absolute atomic E-state index is 12.0. The zero-order valence-corrected chi connectivity index (χ0v) is 11.4. The van der Waals surface area contributed by atoms with Gasteiger partial charge in [0.15, 0.2) is 0 Å². The van der Waals surface area contributed by atoms with Gasteiger partial charge in [0.05, 0.1) is 17.8 Å². The number of thiophene rings is 1. The SMILES string of the molecule is Cc1ccc(NC(=O)c2ccsc2)c(C#CCN)c1. The molecule has 1 aromatic heterocycles. The maximum atomic E-state index is 12.0. The highest BCUT2D eigenvalue weighted by atomic mass is 32.1.